The first-order valence-electron chi connectivity index (χ1n) is 10.3. The highest BCUT2D eigenvalue weighted by atomic mass is 16.6. The van der Waals surface area contributed by atoms with Gasteiger partial charge in [-0.3, -0.25) is 24.8 Å². The number of nitro groups is 1. The van der Waals surface area contributed by atoms with Crippen LogP contribution in [0.2, 0.25) is 0 Å². The normalized spacial score (nSPS) is 16.8. The molecule has 0 saturated heterocycles. The third-order valence-electron chi connectivity index (χ3n) is 6.19. The van der Waals surface area contributed by atoms with Crippen molar-refractivity contribution < 1.29 is 14.5 Å². The van der Waals surface area contributed by atoms with Gasteiger partial charge in [0.2, 0.25) is 0 Å². The fourth-order valence-corrected chi connectivity index (χ4v) is 4.35. The van der Waals surface area contributed by atoms with Gasteiger partial charge in [-0.2, -0.15) is 5.10 Å². The molecule has 30 heavy (non-hydrogen) atoms. The predicted molar refractivity (Wildman–Crippen MR) is 109 cm³/mol. The van der Waals surface area contributed by atoms with Crippen molar-refractivity contribution in [2.24, 2.45) is 0 Å². The first-order valence-corrected chi connectivity index (χ1v) is 10.3. The lowest BCUT2D eigenvalue weighted by Crippen LogP contribution is -2.40. The summed E-state index contributed by atoms with van der Waals surface area (Å²) in [6.07, 6.45) is 6.10. The molecule has 4 rings (SSSR count). The lowest BCUT2D eigenvalue weighted by Gasteiger charge is -2.31. The molecule has 1 aromatic carbocycles. The van der Waals surface area contributed by atoms with Crippen LogP contribution >= 0.6 is 0 Å². The second-order valence-electron chi connectivity index (χ2n) is 8.02. The summed E-state index contributed by atoms with van der Waals surface area (Å²) in [7, 11) is 1.84. The summed E-state index contributed by atoms with van der Waals surface area (Å²) in [5.74, 6) is -0.320. The van der Waals surface area contributed by atoms with E-state index in [2.05, 4.69) is 10.2 Å². The Labute approximate surface area is 174 Å². The van der Waals surface area contributed by atoms with Gasteiger partial charge in [-0.05, 0) is 25.0 Å². The maximum Gasteiger partial charge on any atom is 0.274 e. The number of fused-ring (bicyclic) bond motifs is 1. The van der Waals surface area contributed by atoms with E-state index in [1.807, 2.05) is 7.05 Å². The fraction of sp³-hybridized carbons (Fsp3) is 0.476. The molecule has 0 bridgehead atoms. The van der Waals surface area contributed by atoms with E-state index in [0.717, 1.165) is 36.9 Å². The number of hydrogen-bond acceptors (Lipinski definition) is 5. The Morgan fingerprint density at radius 3 is 2.57 bits per heavy atom. The van der Waals surface area contributed by atoms with Crippen LogP contribution in [0, 0.1) is 10.1 Å². The van der Waals surface area contributed by atoms with Gasteiger partial charge < -0.3 is 9.80 Å². The number of carbonyl (C=O) groups excluding carboxylic acids is 2. The highest BCUT2D eigenvalue weighted by Crippen LogP contribution is 2.26. The van der Waals surface area contributed by atoms with Crippen LogP contribution in [-0.4, -0.2) is 56.4 Å². The standard InChI is InChI=1S/C21H25N5O4/c1-24(15-5-3-2-4-6-15)21(28)19-17-13-25(12-11-18(17)22-23-19)20(27)14-7-9-16(10-8-14)26(29)30/h7-10,15H,2-6,11-13H2,1H3,(H,22,23). The quantitative estimate of drug-likeness (QED) is 0.614. The molecule has 1 N–H and O–H groups in total. The molecule has 1 fully saturated rings. The maximum absolute atomic E-state index is 13.1. The summed E-state index contributed by atoms with van der Waals surface area (Å²) in [4.78, 5) is 39.8. The lowest BCUT2D eigenvalue weighted by molar-refractivity contribution is -0.384. The van der Waals surface area contributed by atoms with Gasteiger partial charge in [0.05, 0.1) is 11.5 Å². The lowest BCUT2D eigenvalue weighted by atomic mass is 9.94. The summed E-state index contributed by atoms with van der Waals surface area (Å²) in [6.45, 7) is 0.790. The van der Waals surface area contributed by atoms with Gasteiger partial charge in [-0.25, -0.2) is 0 Å². The third-order valence-corrected chi connectivity index (χ3v) is 6.19. The van der Waals surface area contributed by atoms with Crippen molar-refractivity contribution in [3.8, 4) is 0 Å². The minimum Gasteiger partial charge on any atom is -0.337 e. The van der Waals surface area contributed by atoms with Gasteiger partial charge in [0.25, 0.3) is 17.5 Å². The molecule has 0 spiro atoms. The van der Waals surface area contributed by atoms with E-state index < -0.39 is 4.92 Å². The van der Waals surface area contributed by atoms with Crippen molar-refractivity contribution in [2.75, 3.05) is 13.6 Å². The first-order chi connectivity index (χ1) is 14.5. The Kier molecular flexibility index (Phi) is 5.52. The van der Waals surface area contributed by atoms with E-state index in [9.17, 15) is 19.7 Å². The zero-order chi connectivity index (χ0) is 21.3. The van der Waals surface area contributed by atoms with E-state index in [4.69, 9.17) is 0 Å². The van der Waals surface area contributed by atoms with E-state index in [0.29, 0.717) is 30.8 Å². The van der Waals surface area contributed by atoms with Crippen molar-refractivity contribution in [1.82, 2.24) is 20.0 Å². The number of carbonyl (C=O) groups is 2. The van der Waals surface area contributed by atoms with E-state index in [1.54, 1.807) is 9.80 Å². The van der Waals surface area contributed by atoms with Crippen LogP contribution in [0.4, 0.5) is 5.69 Å². The molecule has 1 saturated carbocycles. The van der Waals surface area contributed by atoms with Gasteiger partial charge in [0, 0.05) is 55.0 Å². The van der Waals surface area contributed by atoms with Crippen LogP contribution in [0.1, 0.15) is 64.2 Å². The van der Waals surface area contributed by atoms with E-state index in [1.165, 1.54) is 30.7 Å². The molecule has 2 aromatic rings. The number of hydrogen-bond donors (Lipinski definition) is 1. The monoisotopic (exact) mass is 411 g/mol. The molecule has 9 heteroatoms. The maximum atomic E-state index is 13.1. The predicted octanol–water partition coefficient (Wildman–Crippen LogP) is 2.92. The summed E-state index contributed by atoms with van der Waals surface area (Å²) >= 11 is 0. The minimum atomic E-state index is -0.492. The number of aromatic nitrogens is 2. The van der Waals surface area contributed by atoms with Gasteiger partial charge in [-0.15, -0.1) is 0 Å². The van der Waals surface area contributed by atoms with Crippen molar-refractivity contribution in [2.45, 2.75) is 51.1 Å². The van der Waals surface area contributed by atoms with Crippen LogP contribution in [0.25, 0.3) is 0 Å². The summed E-state index contributed by atoms with van der Waals surface area (Å²) in [5, 5.41) is 18.1. The Bertz CT molecular complexity index is 962. The summed E-state index contributed by atoms with van der Waals surface area (Å²) in [6, 6.07) is 5.83. The topological polar surface area (TPSA) is 112 Å². The average molecular weight is 411 g/mol. The van der Waals surface area contributed by atoms with E-state index >= 15 is 0 Å². The molecule has 0 unspecified atom stereocenters. The second kappa shape index (κ2) is 8.25. The molecule has 0 radical (unpaired) electrons. The molecule has 2 aliphatic rings. The number of aromatic amines is 1. The molecular formula is C21H25N5O4. The van der Waals surface area contributed by atoms with Crippen molar-refractivity contribution in [3.63, 3.8) is 0 Å². The number of non-ortho nitro benzene ring substituents is 1. The second-order valence-corrected chi connectivity index (χ2v) is 8.02. The number of benzene rings is 1. The number of rotatable bonds is 4. The van der Waals surface area contributed by atoms with Crippen molar-refractivity contribution in [1.29, 1.82) is 0 Å². The highest BCUT2D eigenvalue weighted by molar-refractivity contribution is 5.96. The molecule has 1 aromatic heterocycles. The van der Waals surface area contributed by atoms with E-state index in [-0.39, 0.29) is 23.5 Å². The SMILES string of the molecule is CN(C(=O)c1n[nH]c2c1CN(C(=O)c1ccc([N+](=O)[O-])cc1)CC2)C1CCCCC1. The minimum absolute atomic E-state index is 0.0547. The van der Waals surface area contributed by atoms with Gasteiger partial charge in [0.15, 0.2) is 5.69 Å². The Hall–Kier alpha value is -3.23. The first kappa shape index (κ1) is 20.1. The van der Waals surface area contributed by atoms with Crippen molar-refractivity contribution in [3.05, 3.63) is 56.9 Å². The molecular weight excluding hydrogens is 386 g/mol. The van der Waals surface area contributed by atoms with Crippen LogP contribution in [0.3, 0.4) is 0 Å². The van der Waals surface area contributed by atoms with Gasteiger partial charge in [0.1, 0.15) is 0 Å². The average Bonchev–Trinajstić information content (AvgIpc) is 3.21. The molecule has 2 amide bonds. The van der Waals surface area contributed by atoms with Crippen molar-refractivity contribution >= 4 is 17.5 Å². The number of nitro benzene ring substituents is 1. The van der Waals surface area contributed by atoms with Crippen LogP contribution in [0.5, 0.6) is 0 Å². The zero-order valence-corrected chi connectivity index (χ0v) is 17.0. The summed E-state index contributed by atoms with van der Waals surface area (Å²) in [5.41, 5.74) is 2.38. The molecule has 2 heterocycles. The molecule has 1 aliphatic heterocycles. The number of nitrogens with one attached hydrogen (secondary N) is 1. The molecule has 1 aliphatic carbocycles. The number of amides is 2. The van der Waals surface area contributed by atoms with Crippen LogP contribution < -0.4 is 0 Å². The Balaban J connectivity index is 1.50. The Morgan fingerprint density at radius 2 is 1.90 bits per heavy atom. The fourth-order valence-electron chi connectivity index (χ4n) is 4.35. The largest absolute Gasteiger partial charge is 0.337 e. The molecule has 9 nitrogen and oxygen atoms in total. The highest BCUT2D eigenvalue weighted by Gasteiger charge is 2.31. The Morgan fingerprint density at radius 1 is 1.20 bits per heavy atom. The number of nitrogens with zero attached hydrogens (tertiary/aromatic N) is 4. The van der Waals surface area contributed by atoms with Gasteiger partial charge in [-0.1, -0.05) is 19.3 Å². The summed E-state index contributed by atoms with van der Waals surface area (Å²) < 4.78 is 0. The zero-order valence-electron chi connectivity index (χ0n) is 17.0. The third kappa shape index (κ3) is 3.79. The molecule has 158 valence electrons. The smallest absolute Gasteiger partial charge is 0.274 e. The van der Waals surface area contributed by atoms with Crippen LogP contribution in [-0.2, 0) is 13.0 Å². The molecule has 0 atom stereocenters. The van der Waals surface area contributed by atoms with Crippen LogP contribution in [0.15, 0.2) is 24.3 Å². The van der Waals surface area contributed by atoms with Gasteiger partial charge >= 0.3 is 0 Å². The number of H-pyrrole nitrogens is 1.